The second-order valence-corrected chi connectivity index (χ2v) is 10.2. The Bertz CT molecular complexity index is 1090. The standard InChI is InChI=1S/C21H17Cl2F3N2O3S/c1-11-4-12(2-3-17(11)19(29)27-16-9-32(30)10-16)18-8-20(31-28-18,21(24,25)26)13-5-14(22)7-15(23)6-13/h2-7,16H,8-10H2,1H3,(H,27,29)/t16-,20?,32+. The number of amides is 1. The van der Waals surface area contributed by atoms with Gasteiger partial charge in [-0.15, -0.1) is 0 Å². The summed E-state index contributed by atoms with van der Waals surface area (Å²) in [7, 11) is 0. The Hall–Kier alpha value is -1.94. The number of hydrogen-bond donors (Lipinski definition) is 1. The van der Waals surface area contributed by atoms with Crippen molar-refractivity contribution in [2.45, 2.75) is 31.2 Å². The zero-order valence-electron chi connectivity index (χ0n) is 16.6. The molecule has 1 N–H and O–H groups in total. The van der Waals surface area contributed by atoms with Gasteiger partial charge in [0.05, 0.1) is 5.71 Å². The van der Waals surface area contributed by atoms with E-state index in [1.165, 1.54) is 18.2 Å². The summed E-state index contributed by atoms with van der Waals surface area (Å²) >= 11 is 10.9. The van der Waals surface area contributed by atoms with E-state index in [2.05, 4.69) is 10.5 Å². The van der Waals surface area contributed by atoms with E-state index in [9.17, 15) is 22.5 Å². The minimum Gasteiger partial charge on any atom is -0.616 e. The normalized spacial score (nSPS) is 25.0. The molecule has 0 spiro atoms. The van der Waals surface area contributed by atoms with Crippen molar-refractivity contribution in [3.8, 4) is 0 Å². The number of rotatable bonds is 4. The molecule has 0 bridgehead atoms. The number of benzene rings is 2. The van der Waals surface area contributed by atoms with Crippen molar-refractivity contribution in [2.24, 2.45) is 5.16 Å². The van der Waals surface area contributed by atoms with Crippen LogP contribution in [0.15, 0.2) is 41.6 Å². The smallest absolute Gasteiger partial charge is 0.435 e. The van der Waals surface area contributed by atoms with Crippen LogP contribution in [-0.4, -0.2) is 39.9 Å². The van der Waals surface area contributed by atoms with E-state index in [0.29, 0.717) is 28.2 Å². The zero-order chi connectivity index (χ0) is 23.3. The number of oxime groups is 1. The molecule has 2 aliphatic heterocycles. The highest BCUT2D eigenvalue weighted by Gasteiger charge is 2.62. The Balaban J connectivity index is 1.58. The van der Waals surface area contributed by atoms with Crippen molar-refractivity contribution in [1.29, 1.82) is 0 Å². The highest BCUT2D eigenvalue weighted by molar-refractivity contribution is 7.92. The minimum absolute atomic E-state index is 0.0506. The van der Waals surface area contributed by atoms with Gasteiger partial charge in [0.2, 0.25) is 0 Å². The van der Waals surface area contributed by atoms with Crippen LogP contribution >= 0.6 is 23.2 Å². The highest BCUT2D eigenvalue weighted by Crippen LogP contribution is 2.49. The summed E-state index contributed by atoms with van der Waals surface area (Å²) in [6.45, 7) is 1.68. The molecule has 1 amide bonds. The molecule has 0 aliphatic carbocycles. The van der Waals surface area contributed by atoms with E-state index in [0.717, 1.165) is 12.1 Å². The van der Waals surface area contributed by atoms with Gasteiger partial charge >= 0.3 is 6.18 Å². The van der Waals surface area contributed by atoms with E-state index >= 15 is 0 Å². The lowest BCUT2D eigenvalue weighted by molar-refractivity contribution is -0.275. The summed E-state index contributed by atoms with van der Waals surface area (Å²) in [6, 6.07) is 8.17. The number of aryl methyl sites for hydroxylation is 1. The first-order chi connectivity index (χ1) is 15.0. The number of carbonyl (C=O) groups is 1. The van der Waals surface area contributed by atoms with Crippen molar-refractivity contribution in [3.05, 3.63) is 68.7 Å². The van der Waals surface area contributed by atoms with Crippen LogP contribution in [0.3, 0.4) is 0 Å². The van der Waals surface area contributed by atoms with Crippen molar-refractivity contribution in [2.75, 3.05) is 11.5 Å². The lowest BCUT2D eigenvalue weighted by Gasteiger charge is -2.29. The van der Waals surface area contributed by atoms with Crippen LogP contribution in [0.2, 0.25) is 10.0 Å². The SMILES string of the molecule is Cc1cc(C2=NOC(c3cc(Cl)cc(Cl)c3)(C(F)(F)F)C2)ccc1C(=O)N[C@H]1C[S@@+]([O-])C1. The molecule has 0 saturated carbocycles. The topological polar surface area (TPSA) is 73.8 Å². The van der Waals surface area contributed by atoms with Crippen molar-refractivity contribution in [1.82, 2.24) is 5.32 Å². The maximum absolute atomic E-state index is 14.1. The van der Waals surface area contributed by atoms with E-state index < -0.39 is 29.4 Å². The molecular weight excluding hydrogens is 488 g/mol. The Morgan fingerprint density at radius 3 is 2.44 bits per heavy atom. The summed E-state index contributed by atoms with van der Waals surface area (Å²) in [5, 5.41) is 6.63. The van der Waals surface area contributed by atoms with E-state index in [4.69, 9.17) is 28.0 Å². The third-order valence-corrected chi connectivity index (χ3v) is 7.41. The molecule has 2 aromatic carbocycles. The van der Waals surface area contributed by atoms with Crippen LogP contribution in [0.1, 0.15) is 33.5 Å². The molecule has 5 nitrogen and oxygen atoms in total. The average Bonchev–Trinajstić information content (AvgIpc) is 3.12. The summed E-state index contributed by atoms with van der Waals surface area (Å²) in [6.07, 6.45) is -5.37. The van der Waals surface area contributed by atoms with Gasteiger partial charge in [-0.1, -0.05) is 34.4 Å². The molecule has 2 aliphatic rings. The third kappa shape index (κ3) is 4.31. The largest absolute Gasteiger partial charge is 0.616 e. The monoisotopic (exact) mass is 504 g/mol. The van der Waals surface area contributed by atoms with Gasteiger partial charge in [-0.05, 0) is 59.6 Å². The summed E-state index contributed by atoms with van der Waals surface area (Å²) in [5.41, 5.74) is -1.52. The van der Waals surface area contributed by atoms with Crippen LogP contribution in [0, 0.1) is 6.92 Å². The summed E-state index contributed by atoms with van der Waals surface area (Å²) < 4.78 is 53.6. The quantitative estimate of drug-likeness (QED) is 0.610. The molecule has 1 atom stereocenters. The van der Waals surface area contributed by atoms with Gasteiger partial charge in [0.25, 0.3) is 11.5 Å². The molecule has 2 aromatic rings. The average molecular weight is 505 g/mol. The lowest BCUT2D eigenvalue weighted by Crippen LogP contribution is -2.53. The number of nitrogens with zero attached hydrogens (tertiary/aromatic N) is 1. The van der Waals surface area contributed by atoms with Crippen LogP contribution < -0.4 is 5.32 Å². The van der Waals surface area contributed by atoms with Gasteiger partial charge < -0.3 is 14.7 Å². The highest BCUT2D eigenvalue weighted by atomic mass is 35.5. The minimum atomic E-state index is -4.79. The van der Waals surface area contributed by atoms with Gasteiger partial charge in [-0.2, -0.15) is 13.2 Å². The Kier molecular flexibility index (Phi) is 6.13. The van der Waals surface area contributed by atoms with Gasteiger partial charge in [-0.25, -0.2) is 0 Å². The Morgan fingerprint density at radius 2 is 1.88 bits per heavy atom. The number of alkyl halides is 3. The molecular formula is C21H17Cl2F3N2O3S. The molecule has 1 saturated heterocycles. The van der Waals surface area contributed by atoms with Crippen LogP contribution in [0.5, 0.6) is 0 Å². The first kappa shape index (κ1) is 23.2. The van der Waals surface area contributed by atoms with Gasteiger partial charge in [0.15, 0.2) is 0 Å². The first-order valence-corrected chi connectivity index (χ1v) is 11.8. The van der Waals surface area contributed by atoms with Crippen LogP contribution in [0.25, 0.3) is 0 Å². The number of hydrogen-bond acceptors (Lipinski definition) is 4. The fourth-order valence-electron chi connectivity index (χ4n) is 3.69. The molecule has 2 heterocycles. The van der Waals surface area contributed by atoms with Crippen molar-refractivity contribution >= 4 is 46.0 Å². The van der Waals surface area contributed by atoms with Crippen LogP contribution in [-0.2, 0) is 21.6 Å². The third-order valence-electron chi connectivity index (χ3n) is 5.43. The Morgan fingerprint density at radius 1 is 1.22 bits per heavy atom. The molecule has 0 aromatic heterocycles. The first-order valence-electron chi connectivity index (χ1n) is 9.54. The molecule has 170 valence electrons. The van der Waals surface area contributed by atoms with Crippen LogP contribution in [0.4, 0.5) is 13.2 Å². The van der Waals surface area contributed by atoms with E-state index in [1.54, 1.807) is 13.0 Å². The lowest BCUT2D eigenvalue weighted by atomic mass is 9.86. The van der Waals surface area contributed by atoms with Crippen molar-refractivity contribution in [3.63, 3.8) is 0 Å². The maximum atomic E-state index is 14.1. The molecule has 1 unspecified atom stereocenters. The molecule has 11 heteroatoms. The molecule has 4 rings (SSSR count). The maximum Gasteiger partial charge on any atom is 0.435 e. The molecule has 1 fully saturated rings. The fraction of sp³-hybridized carbons (Fsp3) is 0.333. The van der Waals surface area contributed by atoms with Gasteiger partial charge in [0.1, 0.15) is 17.5 Å². The second kappa shape index (κ2) is 8.44. The van der Waals surface area contributed by atoms with Crippen molar-refractivity contribution < 1.29 is 27.4 Å². The Labute approximate surface area is 195 Å². The molecule has 32 heavy (non-hydrogen) atoms. The van der Waals surface area contributed by atoms with E-state index in [1.807, 2.05) is 0 Å². The van der Waals surface area contributed by atoms with Gasteiger partial charge in [-0.3, -0.25) is 4.79 Å². The number of nitrogens with one attached hydrogen (secondary N) is 1. The predicted octanol–water partition coefficient (Wildman–Crippen LogP) is 4.74. The fourth-order valence-corrected chi connectivity index (χ4v) is 5.18. The molecule has 0 radical (unpaired) electrons. The predicted molar refractivity (Wildman–Crippen MR) is 117 cm³/mol. The summed E-state index contributed by atoms with van der Waals surface area (Å²) in [5.74, 6) is 0.521. The summed E-state index contributed by atoms with van der Waals surface area (Å²) in [4.78, 5) is 17.5. The number of halogens is 5. The second-order valence-electron chi connectivity index (χ2n) is 7.76. The van der Waals surface area contributed by atoms with Gasteiger partial charge in [0, 0.05) is 27.6 Å². The van der Waals surface area contributed by atoms with E-state index in [-0.39, 0.29) is 33.3 Å². The zero-order valence-corrected chi connectivity index (χ0v) is 19.0. The number of carbonyl (C=O) groups excluding carboxylic acids is 1.